The number of carbonyl (C=O) groups is 3. The summed E-state index contributed by atoms with van der Waals surface area (Å²) in [6.45, 7) is 1.54. The van der Waals surface area contributed by atoms with Crippen LogP contribution in [0.4, 0.5) is 11.4 Å². The van der Waals surface area contributed by atoms with Crippen molar-refractivity contribution in [3.63, 3.8) is 0 Å². The summed E-state index contributed by atoms with van der Waals surface area (Å²) in [6, 6.07) is 9.44. The lowest BCUT2D eigenvalue weighted by atomic mass is 10.2. The molecule has 0 bridgehead atoms. The van der Waals surface area contributed by atoms with E-state index in [4.69, 9.17) is 17.3 Å². The van der Waals surface area contributed by atoms with Crippen LogP contribution >= 0.6 is 11.6 Å². The van der Waals surface area contributed by atoms with Crippen LogP contribution in [0.1, 0.15) is 34.1 Å². The van der Waals surface area contributed by atoms with Gasteiger partial charge in [-0.1, -0.05) is 11.6 Å². The second-order valence-corrected chi connectivity index (χ2v) is 6.28. The molecule has 0 radical (unpaired) electrons. The molecule has 0 aliphatic rings. The topological polar surface area (TPSA) is 157 Å². The Bertz CT molecular complexity index is 1000. The van der Waals surface area contributed by atoms with Gasteiger partial charge in [0.2, 0.25) is 11.8 Å². The number of anilines is 1. The van der Waals surface area contributed by atoms with Gasteiger partial charge >= 0.3 is 0 Å². The number of benzene rings is 2. The molecule has 0 fully saturated rings. The summed E-state index contributed by atoms with van der Waals surface area (Å²) in [7, 11) is 0. The summed E-state index contributed by atoms with van der Waals surface area (Å²) in [4.78, 5) is 45.2. The van der Waals surface area contributed by atoms with E-state index in [1.165, 1.54) is 37.3 Å². The number of hydrogen-bond donors (Lipinski definition) is 3. The van der Waals surface area contributed by atoms with E-state index in [-0.39, 0.29) is 28.6 Å². The van der Waals surface area contributed by atoms with Crippen LogP contribution < -0.4 is 16.5 Å². The average Bonchev–Trinajstić information content (AvgIpc) is 2.66. The Hall–Kier alpha value is -3.79. The Balaban J connectivity index is 1.93. The monoisotopic (exact) mass is 417 g/mol. The summed E-state index contributed by atoms with van der Waals surface area (Å²) >= 11 is 5.88. The number of primary amides is 1. The molecule has 2 aromatic rings. The third-order valence-electron chi connectivity index (χ3n) is 3.63. The van der Waals surface area contributed by atoms with Crippen molar-refractivity contribution in [2.75, 3.05) is 5.32 Å². The minimum Gasteiger partial charge on any atom is -0.366 e. The lowest BCUT2D eigenvalue weighted by molar-refractivity contribution is -0.384. The molecule has 29 heavy (non-hydrogen) atoms. The molecule has 0 aromatic heterocycles. The number of nitro benzene ring substituents is 1. The predicted octanol–water partition coefficient (Wildman–Crippen LogP) is 2.48. The summed E-state index contributed by atoms with van der Waals surface area (Å²) in [6.07, 6.45) is -0.105. The fourth-order valence-corrected chi connectivity index (χ4v) is 2.46. The zero-order chi connectivity index (χ0) is 21.6. The molecule has 0 saturated carbocycles. The highest BCUT2D eigenvalue weighted by molar-refractivity contribution is 6.34. The van der Waals surface area contributed by atoms with Gasteiger partial charge in [0.05, 0.1) is 21.9 Å². The number of hydrazone groups is 1. The van der Waals surface area contributed by atoms with Crippen LogP contribution in [0.15, 0.2) is 47.6 Å². The average molecular weight is 418 g/mol. The highest BCUT2D eigenvalue weighted by atomic mass is 35.5. The Morgan fingerprint density at radius 3 is 2.38 bits per heavy atom. The van der Waals surface area contributed by atoms with Gasteiger partial charge in [-0.05, 0) is 37.3 Å². The van der Waals surface area contributed by atoms with Crippen molar-refractivity contribution in [2.24, 2.45) is 10.8 Å². The van der Waals surface area contributed by atoms with Crippen LogP contribution in [-0.2, 0) is 4.79 Å². The van der Waals surface area contributed by atoms with E-state index in [9.17, 15) is 24.5 Å². The van der Waals surface area contributed by atoms with Crippen LogP contribution in [0.3, 0.4) is 0 Å². The standard InChI is InChI=1S/C18H16ClN5O5/c1-10(8-16(25)21-12-4-2-11(3-5-12)17(20)26)22-23-18(27)14-7-6-13(24(28)29)9-15(14)19/h2-7,9H,8H2,1H3,(H2,20,26)(H,21,25)(H,23,27). The maximum atomic E-state index is 12.1. The van der Waals surface area contributed by atoms with E-state index in [1.54, 1.807) is 0 Å². The summed E-state index contributed by atoms with van der Waals surface area (Å²) in [5.74, 6) is -1.64. The van der Waals surface area contributed by atoms with Crippen molar-refractivity contribution in [2.45, 2.75) is 13.3 Å². The van der Waals surface area contributed by atoms with E-state index < -0.39 is 16.7 Å². The van der Waals surface area contributed by atoms with Crippen LogP contribution in [0.5, 0.6) is 0 Å². The van der Waals surface area contributed by atoms with Gasteiger partial charge in [-0.3, -0.25) is 24.5 Å². The van der Waals surface area contributed by atoms with Crippen molar-refractivity contribution >= 4 is 46.4 Å². The van der Waals surface area contributed by atoms with Crippen molar-refractivity contribution in [3.05, 3.63) is 68.7 Å². The highest BCUT2D eigenvalue weighted by Crippen LogP contribution is 2.22. The molecule has 0 aliphatic carbocycles. The van der Waals surface area contributed by atoms with Gasteiger partial charge in [0.15, 0.2) is 0 Å². The molecule has 2 rings (SSSR count). The van der Waals surface area contributed by atoms with E-state index in [2.05, 4.69) is 15.8 Å². The molecule has 2 aromatic carbocycles. The number of amides is 3. The third-order valence-corrected chi connectivity index (χ3v) is 3.94. The SMILES string of the molecule is CC(CC(=O)Nc1ccc(C(N)=O)cc1)=NNC(=O)c1ccc([N+](=O)[O-])cc1Cl. The Labute approximate surface area is 169 Å². The van der Waals surface area contributed by atoms with E-state index in [0.717, 1.165) is 12.1 Å². The van der Waals surface area contributed by atoms with Crippen molar-refractivity contribution in [1.29, 1.82) is 0 Å². The predicted molar refractivity (Wildman–Crippen MR) is 107 cm³/mol. The summed E-state index contributed by atoms with van der Waals surface area (Å²) in [5, 5.41) is 17.0. The van der Waals surface area contributed by atoms with Crippen LogP contribution in [0, 0.1) is 10.1 Å². The molecule has 10 nitrogen and oxygen atoms in total. The van der Waals surface area contributed by atoms with Gasteiger partial charge in [0, 0.05) is 29.1 Å². The fourth-order valence-electron chi connectivity index (χ4n) is 2.20. The van der Waals surface area contributed by atoms with Gasteiger partial charge in [0.1, 0.15) is 0 Å². The number of nitrogens with two attached hydrogens (primary N) is 1. The Morgan fingerprint density at radius 2 is 1.83 bits per heavy atom. The minimum absolute atomic E-state index is 0.00723. The van der Waals surface area contributed by atoms with Crippen LogP contribution in [-0.4, -0.2) is 28.4 Å². The van der Waals surface area contributed by atoms with Crippen LogP contribution in [0.25, 0.3) is 0 Å². The first kappa shape index (κ1) is 21.5. The Morgan fingerprint density at radius 1 is 1.17 bits per heavy atom. The number of carbonyl (C=O) groups excluding carboxylic acids is 3. The second kappa shape index (κ2) is 9.42. The largest absolute Gasteiger partial charge is 0.366 e. The molecular formula is C18H16ClN5O5. The smallest absolute Gasteiger partial charge is 0.272 e. The number of non-ortho nitro benzene ring substituents is 1. The molecule has 0 spiro atoms. The zero-order valence-electron chi connectivity index (χ0n) is 15.1. The summed E-state index contributed by atoms with van der Waals surface area (Å²) < 4.78 is 0. The second-order valence-electron chi connectivity index (χ2n) is 5.88. The number of nitrogens with zero attached hydrogens (tertiary/aromatic N) is 2. The molecule has 4 N–H and O–H groups in total. The first-order valence-corrected chi connectivity index (χ1v) is 8.52. The van der Waals surface area contributed by atoms with Crippen LogP contribution in [0.2, 0.25) is 5.02 Å². The van der Waals surface area contributed by atoms with E-state index in [1.807, 2.05) is 0 Å². The van der Waals surface area contributed by atoms with Gasteiger partial charge in [-0.2, -0.15) is 5.10 Å². The summed E-state index contributed by atoms with van der Waals surface area (Å²) in [5.41, 5.74) is 8.24. The maximum Gasteiger partial charge on any atom is 0.272 e. The zero-order valence-corrected chi connectivity index (χ0v) is 15.9. The number of rotatable bonds is 7. The maximum absolute atomic E-state index is 12.1. The number of nitrogens with one attached hydrogen (secondary N) is 2. The van der Waals surface area contributed by atoms with E-state index >= 15 is 0 Å². The molecule has 0 unspecified atom stereocenters. The fraction of sp³-hybridized carbons (Fsp3) is 0.111. The van der Waals surface area contributed by atoms with Crippen molar-refractivity contribution in [3.8, 4) is 0 Å². The molecule has 0 aliphatic heterocycles. The molecule has 150 valence electrons. The normalized spacial score (nSPS) is 10.9. The quantitative estimate of drug-likeness (QED) is 0.358. The molecule has 3 amide bonds. The van der Waals surface area contributed by atoms with Crippen molar-refractivity contribution in [1.82, 2.24) is 5.43 Å². The van der Waals surface area contributed by atoms with Crippen molar-refractivity contribution < 1.29 is 19.3 Å². The lowest BCUT2D eigenvalue weighted by Gasteiger charge is -2.06. The lowest BCUT2D eigenvalue weighted by Crippen LogP contribution is -2.22. The molecule has 11 heteroatoms. The van der Waals surface area contributed by atoms with Gasteiger partial charge < -0.3 is 11.1 Å². The Kier molecular flexibility index (Phi) is 6.99. The number of halogens is 1. The minimum atomic E-state index is -0.674. The molecule has 0 atom stereocenters. The molecule has 0 heterocycles. The van der Waals surface area contributed by atoms with Gasteiger partial charge in [0.25, 0.3) is 11.6 Å². The first-order chi connectivity index (χ1) is 13.7. The third kappa shape index (κ3) is 6.11. The molecule has 0 saturated heterocycles. The van der Waals surface area contributed by atoms with E-state index in [0.29, 0.717) is 17.0 Å². The van der Waals surface area contributed by atoms with Gasteiger partial charge in [-0.25, -0.2) is 5.43 Å². The highest BCUT2D eigenvalue weighted by Gasteiger charge is 2.15. The van der Waals surface area contributed by atoms with Gasteiger partial charge in [-0.15, -0.1) is 0 Å². The molecular weight excluding hydrogens is 402 g/mol. The number of nitro groups is 1. The number of hydrogen-bond acceptors (Lipinski definition) is 6. The first-order valence-electron chi connectivity index (χ1n) is 8.14.